The van der Waals surface area contributed by atoms with Crippen LogP contribution in [-0.2, 0) is 17.9 Å². The zero-order valence-corrected chi connectivity index (χ0v) is 26.2. The van der Waals surface area contributed by atoms with Crippen LogP contribution in [0.15, 0.2) is 42.7 Å². The number of amides is 3. The summed E-state index contributed by atoms with van der Waals surface area (Å²) >= 11 is 0. The molecule has 3 aromatic rings. The summed E-state index contributed by atoms with van der Waals surface area (Å²) in [6.45, 7) is 9.43. The summed E-state index contributed by atoms with van der Waals surface area (Å²) in [4.78, 5) is 37.4. The lowest BCUT2D eigenvalue weighted by molar-refractivity contribution is -0.129. The van der Waals surface area contributed by atoms with E-state index in [1.807, 2.05) is 16.8 Å². The van der Waals surface area contributed by atoms with Crippen molar-refractivity contribution >= 4 is 23.1 Å². The van der Waals surface area contributed by atoms with Crippen LogP contribution in [0.5, 0.6) is 11.5 Å². The Kier molecular flexibility index (Phi) is 7.50. The van der Waals surface area contributed by atoms with Crippen LogP contribution in [0.4, 0.5) is 10.5 Å². The quantitative estimate of drug-likeness (QED) is 0.389. The van der Waals surface area contributed by atoms with E-state index in [9.17, 15) is 9.59 Å². The Morgan fingerprint density at radius 1 is 1.00 bits per heavy atom. The molecule has 2 aromatic heterocycles. The van der Waals surface area contributed by atoms with Crippen molar-refractivity contribution in [3.63, 3.8) is 0 Å². The summed E-state index contributed by atoms with van der Waals surface area (Å²) in [6, 6.07) is 10.6. The second kappa shape index (κ2) is 11.4. The van der Waals surface area contributed by atoms with Gasteiger partial charge in [0, 0.05) is 82.1 Å². The number of likely N-dealkylation sites (tertiary alicyclic amines) is 1. The molecule has 3 aliphatic heterocycles. The molecule has 44 heavy (non-hydrogen) atoms. The third-order valence-electron chi connectivity index (χ3n) is 10.2. The van der Waals surface area contributed by atoms with E-state index in [-0.39, 0.29) is 24.9 Å². The third kappa shape index (κ3) is 5.20. The molecule has 4 fully saturated rings. The number of carbonyl (C=O) groups excluding carboxylic acids is 2. The van der Waals surface area contributed by atoms with Gasteiger partial charge >= 0.3 is 6.03 Å². The number of pyridine rings is 1. The molecule has 234 valence electrons. The number of benzene rings is 1. The van der Waals surface area contributed by atoms with Gasteiger partial charge in [-0.15, -0.1) is 0 Å². The van der Waals surface area contributed by atoms with Gasteiger partial charge in [0.25, 0.3) is 0 Å². The third-order valence-corrected chi connectivity index (χ3v) is 10.2. The van der Waals surface area contributed by atoms with Crippen LogP contribution in [0.2, 0.25) is 0 Å². The molecule has 5 heterocycles. The number of urea groups is 1. The number of hydrogen-bond acceptors (Lipinski definition) is 8. The molecule has 11 nitrogen and oxygen atoms in total. The second-order valence-electron chi connectivity index (χ2n) is 13.3. The van der Waals surface area contributed by atoms with Crippen LogP contribution in [0, 0.1) is 5.41 Å². The fourth-order valence-corrected chi connectivity index (χ4v) is 8.06. The van der Waals surface area contributed by atoms with Gasteiger partial charge in [0.15, 0.2) is 0 Å². The first-order valence-corrected chi connectivity index (χ1v) is 15.7. The maximum Gasteiger partial charge on any atom is 0.331 e. The molecular formula is C33H43N7O4. The van der Waals surface area contributed by atoms with Gasteiger partial charge in [0.2, 0.25) is 5.91 Å². The number of ether oxygens (including phenoxy) is 2. The highest BCUT2D eigenvalue weighted by atomic mass is 16.5. The van der Waals surface area contributed by atoms with Crippen LogP contribution < -0.4 is 14.4 Å². The fourth-order valence-electron chi connectivity index (χ4n) is 8.06. The zero-order chi connectivity index (χ0) is 30.6. The molecule has 0 unspecified atom stereocenters. The standard InChI is InChI=1S/C33H43N7O4/c1-23-18-36(11-12-37(23)26-15-33(16-26)21-35(2)22-33)19-24-7-10-40-28(13-24)29(17-34-40)38-9-8-31(41)39(32(38)42)20-25-5-6-27(43-3)14-30(25)44-4/h5-7,10,13-14,17,23,26H,8-9,11-12,15-16,18-22H2,1-4H3/t23-/m0/s1. The number of methoxy groups -OCH3 is 2. The molecule has 0 bridgehead atoms. The van der Waals surface area contributed by atoms with E-state index in [1.165, 1.54) is 36.4 Å². The maximum absolute atomic E-state index is 13.8. The maximum atomic E-state index is 13.8. The van der Waals surface area contributed by atoms with Crippen LogP contribution in [-0.4, -0.2) is 114 Å². The largest absolute Gasteiger partial charge is 0.497 e. The molecule has 1 atom stereocenters. The highest BCUT2D eigenvalue weighted by Gasteiger charge is 2.53. The van der Waals surface area contributed by atoms with E-state index in [0.717, 1.165) is 49.0 Å². The van der Waals surface area contributed by atoms with Crippen molar-refractivity contribution in [2.75, 3.05) is 65.4 Å². The Morgan fingerprint density at radius 2 is 1.82 bits per heavy atom. The van der Waals surface area contributed by atoms with Crippen molar-refractivity contribution < 1.29 is 19.1 Å². The number of piperazine rings is 1. The van der Waals surface area contributed by atoms with Crippen molar-refractivity contribution in [1.29, 1.82) is 0 Å². The number of hydrogen-bond donors (Lipinski definition) is 0. The predicted molar refractivity (Wildman–Crippen MR) is 167 cm³/mol. The molecule has 7 rings (SSSR count). The highest BCUT2D eigenvalue weighted by Crippen LogP contribution is 2.50. The van der Waals surface area contributed by atoms with Gasteiger partial charge in [-0.1, -0.05) is 0 Å². The molecule has 4 aliphatic rings. The van der Waals surface area contributed by atoms with Crippen molar-refractivity contribution in [2.24, 2.45) is 5.41 Å². The van der Waals surface area contributed by atoms with E-state index in [2.05, 4.69) is 45.9 Å². The van der Waals surface area contributed by atoms with Crippen LogP contribution in [0.3, 0.4) is 0 Å². The number of nitrogens with zero attached hydrogens (tertiary/aromatic N) is 7. The number of imide groups is 1. The zero-order valence-electron chi connectivity index (χ0n) is 26.2. The second-order valence-corrected chi connectivity index (χ2v) is 13.3. The van der Waals surface area contributed by atoms with Crippen molar-refractivity contribution in [3.05, 3.63) is 53.9 Å². The van der Waals surface area contributed by atoms with E-state index in [4.69, 9.17) is 9.47 Å². The Labute approximate surface area is 258 Å². The monoisotopic (exact) mass is 601 g/mol. The molecular weight excluding hydrogens is 558 g/mol. The average molecular weight is 602 g/mol. The van der Waals surface area contributed by atoms with Gasteiger partial charge in [-0.05, 0) is 62.1 Å². The molecule has 1 aliphatic carbocycles. The molecule has 1 spiro atoms. The molecule has 1 saturated carbocycles. The molecule has 3 saturated heterocycles. The van der Waals surface area contributed by atoms with Gasteiger partial charge in [-0.3, -0.25) is 24.4 Å². The molecule has 0 N–H and O–H groups in total. The lowest BCUT2D eigenvalue weighted by Crippen LogP contribution is -2.68. The summed E-state index contributed by atoms with van der Waals surface area (Å²) in [5.74, 6) is 1.02. The lowest BCUT2D eigenvalue weighted by Gasteiger charge is -2.62. The van der Waals surface area contributed by atoms with E-state index in [0.29, 0.717) is 29.5 Å². The van der Waals surface area contributed by atoms with Crippen LogP contribution >= 0.6 is 0 Å². The first-order valence-electron chi connectivity index (χ1n) is 15.7. The topological polar surface area (TPSA) is 86.1 Å². The molecule has 3 amide bonds. The van der Waals surface area contributed by atoms with Crippen molar-refractivity contribution in [3.8, 4) is 11.5 Å². The van der Waals surface area contributed by atoms with Crippen LogP contribution in [0.25, 0.3) is 5.52 Å². The Bertz CT molecular complexity index is 1560. The van der Waals surface area contributed by atoms with Gasteiger partial charge < -0.3 is 14.4 Å². The van der Waals surface area contributed by atoms with Gasteiger partial charge in [0.1, 0.15) is 11.5 Å². The summed E-state index contributed by atoms with van der Waals surface area (Å²) in [6.07, 6.45) is 6.65. The van der Waals surface area contributed by atoms with E-state index >= 15 is 0 Å². The first-order chi connectivity index (χ1) is 21.3. The number of aromatic nitrogens is 2. The predicted octanol–water partition coefficient (Wildman–Crippen LogP) is 3.31. The van der Waals surface area contributed by atoms with Gasteiger partial charge in [-0.25, -0.2) is 9.31 Å². The SMILES string of the molecule is COc1ccc(CN2C(=O)CCN(c3cnn4ccc(CN5CCN(C6CC7(C6)CN(C)C7)[C@@H](C)C5)cc34)C2=O)c(OC)c1. The fraction of sp³-hybridized carbons (Fsp3) is 0.545. The number of fused-ring (bicyclic) bond motifs is 1. The van der Waals surface area contributed by atoms with E-state index in [1.54, 1.807) is 37.4 Å². The Hall–Kier alpha value is -3.67. The average Bonchev–Trinajstić information content (AvgIpc) is 3.40. The molecule has 0 radical (unpaired) electrons. The smallest absolute Gasteiger partial charge is 0.331 e. The molecule has 1 aromatic carbocycles. The highest BCUT2D eigenvalue weighted by molar-refractivity contribution is 6.07. The number of anilines is 1. The summed E-state index contributed by atoms with van der Waals surface area (Å²) in [5, 5.41) is 4.54. The summed E-state index contributed by atoms with van der Waals surface area (Å²) in [5.41, 5.74) is 4.12. The minimum Gasteiger partial charge on any atom is -0.497 e. The summed E-state index contributed by atoms with van der Waals surface area (Å²) < 4.78 is 12.6. The lowest BCUT2D eigenvalue weighted by atomic mass is 9.60. The summed E-state index contributed by atoms with van der Waals surface area (Å²) in [7, 11) is 5.38. The van der Waals surface area contributed by atoms with E-state index < -0.39 is 0 Å². The van der Waals surface area contributed by atoms with Crippen LogP contribution in [0.1, 0.15) is 37.3 Å². The first kappa shape index (κ1) is 29.1. The van der Waals surface area contributed by atoms with Crippen molar-refractivity contribution in [1.82, 2.24) is 29.2 Å². The number of carbonyl (C=O) groups is 2. The number of rotatable bonds is 8. The normalized spacial score (nSPS) is 23.3. The minimum atomic E-state index is -0.351. The minimum absolute atomic E-state index is 0.120. The van der Waals surface area contributed by atoms with Crippen molar-refractivity contribution in [2.45, 2.75) is 51.4 Å². The Morgan fingerprint density at radius 3 is 2.55 bits per heavy atom. The van der Waals surface area contributed by atoms with Gasteiger partial charge in [-0.2, -0.15) is 5.10 Å². The van der Waals surface area contributed by atoms with Gasteiger partial charge in [0.05, 0.1) is 38.2 Å². The molecule has 11 heteroatoms. The Balaban J connectivity index is 1.03.